The lowest BCUT2D eigenvalue weighted by Crippen LogP contribution is -2.40. The lowest BCUT2D eigenvalue weighted by Gasteiger charge is -2.28. The van der Waals surface area contributed by atoms with Gasteiger partial charge in [-0.3, -0.25) is 14.3 Å². The van der Waals surface area contributed by atoms with E-state index in [0.717, 1.165) is 80.5 Å². The number of aromatic nitrogens is 2. The molecule has 30 heavy (non-hydrogen) atoms. The topological polar surface area (TPSA) is 76.5 Å². The third-order valence-electron chi connectivity index (χ3n) is 5.59. The Labute approximate surface area is 180 Å². The van der Waals surface area contributed by atoms with Gasteiger partial charge < -0.3 is 10.1 Å². The zero-order chi connectivity index (χ0) is 20.8. The second-order valence-electron chi connectivity index (χ2n) is 7.64. The quantitative estimate of drug-likeness (QED) is 0.538. The van der Waals surface area contributed by atoms with Gasteiger partial charge in [0.1, 0.15) is 5.03 Å². The summed E-state index contributed by atoms with van der Waals surface area (Å²) in [7, 11) is 0. The van der Waals surface area contributed by atoms with Gasteiger partial charge in [-0.05, 0) is 37.8 Å². The number of carbonyl (C=O) groups excluding carboxylic acids is 1. The number of rotatable bonds is 7. The van der Waals surface area contributed by atoms with E-state index in [-0.39, 0.29) is 17.3 Å². The summed E-state index contributed by atoms with van der Waals surface area (Å²) in [5.74, 6) is 0.153. The van der Waals surface area contributed by atoms with Crippen LogP contribution in [0.5, 0.6) is 0 Å². The Morgan fingerprint density at radius 2 is 1.87 bits per heavy atom. The van der Waals surface area contributed by atoms with E-state index in [1.807, 2.05) is 34.9 Å². The third-order valence-corrected chi connectivity index (χ3v) is 6.61. The molecule has 160 valence electrons. The highest BCUT2D eigenvalue weighted by Gasteiger charge is 2.21. The summed E-state index contributed by atoms with van der Waals surface area (Å²) in [5.41, 5.74) is 2.84. The van der Waals surface area contributed by atoms with Crippen molar-refractivity contribution < 1.29 is 9.53 Å². The molecule has 7 nitrogen and oxygen atoms in total. The fourth-order valence-corrected chi connectivity index (χ4v) is 4.89. The van der Waals surface area contributed by atoms with Crippen LogP contribution in [-0.2, 0) is 28.9 Å². The highest BCUT2D eigenvalue weighted by molar-refractivity contribution is 8.00. The van der Waals surface area contributed by atoms with Gasteiger partial charge in [0, 0.05) is 43.1 Å². The number of anilines is 1. The molecular formula is C22H28N4O3S. The Morgan fingerprint density at radius 3 is 2.67 bits per heavy atom. The number of ether oxygens (including phenoxy) is 1. The second-order valence-corrected chi connectivity index (χ2v) is 8.60. The van der Waals surface area contributed by atoms with E-state index < -0.39 is 0 Å². The minimum atomic E-state index is -0.199. The molecule has 4 rings (SSSR count). The number of thioether (sulfide) groups is 1. The molecule has 1 aromatic heterocycles. The zero-order valence-corrected chi connectivity index (χ0v) is 18.0. The highest BCUT2D eigenvalue weighted by Crippen LogP contribution is 2.28. The average Bonchev–Trinajstić information content (AvgIpc) is 2.78. The first-order valence-electron chi connectivity index (χ1n) is 10.6. The molecule has 1 fully saturated rings. The number of morpholine rings is 1. The molecule has 2 aliphatic rings. The number of amides is 1. The van der Waals surface area contributed by atoms with E-state index in [9.17, 15) is 9.59 Å². The number of fused-ring (bicyclic) bond motifs is 1. The average molecular weight is 429 g/mol. The number of nitrogens with one attached hydrogen (secondary N) is 1. The summed E-state index contributed by atoms with van der Waals surface area (Å²) in [6.45, 7) is 4.83. The maximum Gasteiger partial charge on any atom is 0.348 e. The van der Waals surface area contributed by atoms with Gasteiger partial charge in [-0.15, -0.1) is 0 Å². The lowest BCUT2D eigenvalue weighted by molar-refractivity contribution is -0.113. The smallest absolute Gasteiger partial charge is 0.348 e. The van der Waals surface area contributed by atoms with E-state index in [1.54, 1.807) is 0 Å². The summed E-state index contributed by atoms with van der Waals surface area (Å²) >= 11 is 1.37. The van der Waals surface area contributed by atoms with Crippen molar-refractivity contribution in [3.8, 4) is 0 Å². The van der Waals surface area contributed by atoms with E-state index >= 15 is 0 Å². The zero-order valence-electron chi connectivity index (χ0n) is 17.1. The molecule has 2 aromatic rings. The number of hydrogen-bond donors (Lipinski definition) is 1. The van der Waals surface area contributed by atoms with E-state index in [1.165, 1.54) is 11.8 Å². The van der Waals surface area contributed by atoms with Crippen LogP contribution in [0.2, 0.25) is 0 Å². The molecule has 1 aromatic carbocycles. The predicted octanol–water partition coefficient (Wildman–Crippen LogP) is 2.19. The number of para-hydroxylation sites is 1. The number of nitrogens with zero attached hydrogens (tertiary/aromatic N) is 3. The third kappa shape index (κ3) is 5.30. The van der Waals surface area contributed by atoms with Crippen molar-refractivity contribution in [1.29, 1.82) is 0 Å². The molecule has 0 bridgehead atoms. The largest absolute Gasteiger partial charge is 0.379 e. The minimum absolute atomic E-state index is 0.0888. The van der Waals surface area contributed by atoms with Gasteiger partial charge in [0.2, 0.25) is 5.91 Å². The molecule has 0 unspecified atom stereocenters. The molecule has 1 amide bonds. The monoisotopic (exact) mass is 428 g/mol. The van der Waals surface area contributed by atoms with Gasteiger partial charge in [0.15, 0.2) is 0 Å². The van der Waals surface area contributed by atoms with Crippen LogP contribution in [-0.4, -0.2) is 59.0 Å². The van der Waals surface area contributed by atoms with E-state index in [2.05, 4.69) is 15.2 Å². The van der Waals surface area contributed by atoms with Crippen molar-refractivity contribution in [2.45, 2.75) is 37.3 Å². The van der Waals surface area contributed by atoms with Crippen LogP contribution in [0.3, 0.4) is 0 Å². The fraction of sp³-hybridized carbons (Fsp3) is 0.500. The molecular weight excluding hydrogens is 400 g/mol. The molecule has 0 spiro atoms. The second kappa shape index (κ2) is 10.2. The van der Waals surface area contributed by atoms with Crippen LogP contribution in [0.1, 0.15) is 24.1 Å². The predicted molar refractivity (Wildman–Crippen MR) is 118 cm³/mol. The summed E-state index contributed by atoms with van der Waals surface area (Å²) in [5, 5.41) is 3.61. The molecule has 1 saturated heterocycles. The van der Waals surface area contributed by atoms with Crippen molar-refractivity contribution >= 4 is 23.4 Å². The standard InChI is InChI=1S/C22H28N4O3S/c27-20(23-17-6-2-1-3-7-17)16-30-21-18-8-4-5-9-19(18)26(22(28)24-21)11-10-25-12-14-29-15-13-25/h1-3,6-7H,4-5,8-16H2,(H,23,27). The van der Waals surface area contributed by atoms with Crippen LogP contribution in [0.15, 0.2) is 40.2 Å². The Balaban J connectivity index is 1.45. The number of carbonyl (C=O) groups is 1. The summed E-state index contributed by atoms with van der Waals surface area (Å²) in [6, 6.07) is 9.40. The van der Waals surface area contributed by atoms with Crippen molar-refractivity contribution in [3.63, 3.8) is 0 Å². The molecule has 2 heterocycles. The summed E-state index contributed by atoms with van der Waals surface area (Å²) in [6.07, 6.45) is 4.01. The van der Waals surface area contributed by atoms with Crippen molar-refractivity contribution in [1.82, 2.24) is 14.5 Å². The molecule has 1 N–H and O–H groups in total. The summed E-state index contributed by atoms with van der Waals surface area (Å²) in [4.78, 5) is 31.9. The molecule has 1 aliphatic carbocycles. The van der Waals surface area contributed by atoms with Gasteiger partial charge in [-0.2, -0.15) is 4.98 Å². The van der Waals surface area contributed by atoms with Gasteiger partial charge in [0.25, 0.3) is 0 Å². The molecule has 0 saturated carbocycles. The van der Waals surface area contributed by atoms with Crippen LogP contribution in [0, 0.1) is 0 Å². The molecule has 1 aliphatic heterocycles. The Bertz CT molecular complexity index is 926. The van der Waals surface area contributed by atoms with E-state index in [0.29, 0.717) is 6.54 Å². The first-order valence-corrected chi connectivity index (χ1v) is 11.6. The number of hydrogen-bond acceptors (Lipinski definition) is 6. The molecule has 8 heteroatoms. The minimum Gasteiger partial charge on any atom is -0.379 e. The Morgan fingerprint density at radius 1 is 1.10 bits per heavy atom. The maximum atomic E-state index is 12.8. The maximum absolute atomic E-state index is 12.8. The van der Waals surface area contributed by atoms with Crippen molar-refractivity contribution in [3.05, 3.63) is 52.1 Å². The van der Waals surface area contributed by atoms with E-state index in [4.69, 9.17) is 4.74 Å². The SMILES string of the molecule is O=C(CSc1nc(=O)n(CCN2CCOCC2)c2c1CCCC2)Nc1ccccc1. The normalized spacial score (nSPS) is 16.8. The number of benzene rings is 1. The highest BCUT2D eigenvalue weighted by atomic mass is 32.2. The lowest BCUT2D eigenvalue weighted by atomic mass is 9.97. The van der Waals surface area contributed by atoms with Gasteiger partial charge in [0.05, 0.1) is 19.0 Å². The van der Waals surface area contributed by atoms with Crippen molar-refractivity contribution in [2.24, 2.45) is 0 Å². The molecule has 0 atom stereocenters. The molecule has 0 radical (unpaired) electrons. The first kappa shape index (κ1) is 21.1. The van der Waals surface area contributed by atoms with Crippen LogP contribution in [0.4, 0.5) is 5.69 Å². The summed E-state index contributed by atoms with van der Waals surface area (Å²) < 4.78 is 7.27. The Kier molecular flexibility index (Phi) is 7.20. The van der Waals surface area contributed by atoms with Crippen LogP contribution in [0.25, 0.3) is 0 Å². The fourth-order valence-electron chi connectivity index (χ4n) is 4.02. The van der Waals surface area contributed by atoms with Gasteiger partial charge in [-0.1, -0.05) is 30.0 Å². The van der Waals surface area contributed by atoms with Gasteiger partial charge in [-0.25, -0.2) is 4.79 Å². The van der Waals surface area contributed by atoms with Crippen LogP contribution < -0.4 is 11.0 Å². The Hall–Kier alpha value is -2.16. The first-order chi connectivity index (χ1) is 14.7. The van der Waals surface area contributed by atoms with Crippen molar-refractivity contribution in [2.75, 3.05) is 43.9 Å². The van der Waals surface area contributed by atoms with Crippen LogP contribution >= 0.6 is 11.8 Å². The van der Waals surface area contributed by atoms with Gasteiger partial charge >= 0.3 is 5.69 Å².